The van der Waals surface area contributed by atoms with Crippen LogP contribution in [0.5, 0.6) is 11.5 Å². The van der Waals surface area contributed by atoms with E-state index in [1.165, 1.54) is 0 Å². The van der Waals surface area contributed by atoms with Gasteiger partial charge in [0.15, 0.2) is 17.6 Å². The largest absolute Gasteiger partial charge is 0.486 e. The zero-order valence-electron chi connectivity index (χ0n) is 12.8. The van der Waals surface area contributed by atoms with Gasteiger partial charge in [0.25, 0.3) is 0 Å². The summed E-state index contributed by atoms with van der Waals surface area (Å²) in [5.41, 5.74) is 0. The molecule has 0 radical (unpaired) electrons. The van der Waals surface area contributed by atoms with E-state index in [0.29, 0.717) is 6.61 Å². The first-order valence-corrected chi connectivity index (χ1v) is 8.54. The number of thiophene rings is 1. The molecule has 23 heavy (non-hydrogen) atoms. The van der Waals surface area contributed by atoms with E-state index < -0.39 is 0 Å². The van der Waals surface area contributed by atoms with E-state index in [2.05, 4.69) is 27.9 Å². The quantitative estimate of drug-likeness (QED) is 0.735. The molecule has 0 aliphatic carbocycles. The lowest BCUT2D eigenvalue weighted by molar-refractivity contribution is 0.0953. The molecule has 1 aromatic carbocycles. The molecular weight excluding hydrogens is 310 g/mol. The highest BCUT2D eigenvalue weighted by Gasteiger charge is 2.24. The first-order chi connectivity index (χ1) is 11.3. The second-order valence-corrected chi connectivity index (χ2v) is 6.27. The Hall–Kier alpha value is -2.34. The van der Waals surface area contributed by atoms with Crippen molar-refractivity contribution in [2.24, 2.45) is 0 Å². The number of nitrogens with zero attached hydrogens (tertiary/aromatic N) is 3. The molecule has 0 spiro atoms. The molecule has 3 heterocycles. The van der Waals surface area contributed by atoms with Crippen molar-refractivity contribution in [3.8, 4) is 11.5 Å². The van der Waals surface area contributed by atoms with Crippen molar-refractivity contribution in [3.63, 3.8) is 0 Å². The van der Waals surface area contributed by atoms with Crippen LogP contribution in [0, 0.1) is 0 Å². The molecule has 1 aliphatic rings. The number of benzene rings is 1. The van der Waals surface area contributed by atoms with Crippen LogP contribution >= 0.6 is 11.3 Å². The van der Waals surface area contributed by atoms with Gasteiger partial charge in [-0.25, -0.2) is 9.97 Å². The number of likely N-dealkylation sites (N-methyl/N-ethyl adjacent to an activating group) is 1. The fraction of sp³-hybridized carbons (Fsp3) is 0.294. The summed E-state index contributed by atoms with van der Waals surface area (Å²) < 4.78 is 11.9. The predicted molar refractivity (Wildman–Crippen MR) is 91.7 cm³/mol. The van der Waals surface area contributed by atoms with Crippen LogP contribution in [0.3, 0.4) is 0 Å². The van der Waals surface area contributed by atoms with Crippen LogP contribution in [0.15, 0.2) is 42.0 Å². The van der Waals surface area contributed by atoms with Gasteiger partial charge in [0.2, 0.25) is 0 Å². The van der Waals surface area contributed by atoms with Crippen LogP contribution in [-0.2, 0) is 0 Å². The van der Waals surface area contributed by atoms with E-state index in [1.807, 2.05) is 29.6 Å². The molecule has 3 aromatic rings. The van der Waals surface area contributed by atoms with Crippen LogP contribution in [0.4, 0.5) is 5.82 Å². The molecule has 118 valence electrons. The Balaban J connectivity index is 1.56. The summed E-state index contributed by atoms with van der Waals surface area (Å²) in [6.07, 6.45) is 1.61. The monoisotopic (exact) mass is 327 g/mol. The lowest BCUT2D eigenvalue weighted by atomic mass is 10.2. The minimum Gasteiger partial charge on any atom is -0.486 e. The lowest BCUT2D eigenvalue weighted by Crippen LogP contribution is -2.41. The second kappa shape index (κ2) is 6.04. The normalized spacial score (nSPS) is 16.5. The van der Waals surface area contributed by atoms with Crippen molar-refractivity contribution in [1.82, 2.24) is 9.97 Å². The zero-order valence-corrected chi connectivity index (χ0v) is 13.6. The molecule has 1 atom stereocenters. The van der Waals surface area contributed by atoms with E-state index >= 15 is 0 Å². The fourth-order valence-electron chi connectivity index (χ4n) is 2.79. The molecule has 0 fully saturated rings. The SMILES string of the molecule is CCN(C[C@@H]1COc2ccccc2O1)c1ncnc2sccc12. The third kappa shape index (κ3) is 2.70. The number of anilines is 1. The van der Waals surface area contributed by atoms with Crippen molar-refractivity contribution in [2.75, 3.05) is 24.6 Å². The Morgan fingerprint density at radius 2 is 2.09 bits per heavy atom. The molecule has 5 nitrogen and oxygen atoms in total. The number of hydrogen-bond donors (Lipinski definition) is 0. The molecule has 0 unspecified atom stereocenters. The van der Waals surface area contributed by atoms with Crippen LogP contribution in [0.2, 0.25) is 0 Å². The number of ether oxygens (including phenoxy) is 2. The van der Waals surface area contributed by atoms with Gasteiger partial charge in [-0.1, -0.05) is 12.1 Å². The summed E-state index contributed by atoms with van der Waals surface area (Å²) in [7, 11) is 0. The molecule has 0 saturated heterocycles. The average Bonchev–Trinajstić information content (AvgIpc) is 3.08. The van der Waals surface area contributed by atoms with E-state index in [-0.39, 0.29) is 6.10 Å². The average molecular weight is 327 g/mol. The van der Waals surface area contributed by atoms with Gasteiger partial charge in [-0.05, 0) is 30.5 Å². The first-order valence-electron chi connectivity index (χ1n) is 7.67. The molecular formula is C17H17N3O2S. The number of fused-ring (bicyclic) bond motifs is 2. The molecule has 4 rings (SSSR count). The minimum atomic E-state index is -0.0199. The number of hydrogen-bond acceptors (Lipinski definition) is 6. The number of para-hydroxylation sites is 2. The summed E-state index contributed by atoms with van der Waals surface area (Å²) in [5.74, 6) is 2.58. The fourth-order valence-corrected chi connectivity index (χ4v) is 3.52. The van der Waals surface area contributed by atoms with Gasteiger partial charge >= 0.3 is 0 Å². The van der Waals surface area contributed by atoms with Crippen molar-refractivity contribution < 1.29 is 9.47 Å². The molecule has 0 amide bonds. The number of aromatic nitrogens is 2. The maximum atomic E-state index is 6.07. The Morgan fingerprint density at radius 3 is 2.96 bits per heavy atom. The van der Waals surface area contributed by atoms with E-state index in [4.69, 9.17) is 9.47 Å². The maximum absolute atomic E-state index is 6.07. The Labute approximate surface area is 138 Å². The molecule has 0 N–H and O–H groups in total. The van der Waals surface area contributed by atoms with Gasteiger partial charge in [0, 0.05) is 6.54 Å². The first kappa shape index (κ1) is 14.3. The zero-order chi connectivity index (χ0) is 15.6. The van der Waals surface area contributed by atoms with Gasteiger partial charge in [0.05, 0.1) is 11.9 Å². The summed E-state index contributed by atoms with van der Waals surface area (Å²) >= 11 is 1.63. The molecule has 0 saturated carbocycles. The molecule has 6 heteroatoms. The molecule has 1 aliphatic heterocycles. The van der Waals surface area contributed by atoms with E-state index in [0.717, 1.165) is 40.6 Å². The Kier molecular flexibility index (Phi) is 3.75. The smallest absolute Gasteiger partial charge is 0.161 e. The summed E-state index contributed by atoms with van der Waals surface area (Å²) in [5, 5.41) is 3.14. The van der Waals surface area contributed by atoms with Gasteiger partial charge < -0.3 is 14.4 Å². The number of rotatable bonds is 4. The highest BCUT2D eigenvalue weighted by atomic mass is 32.1. The standard InChI is InChI=1S/C17H17N3O2S/c1-2-20(16-13-7-8-23-17(13)19-11-18-16)9-12-10-21-14-5-3-4-6-15(14)22-12/h3-8,11-12H,2,9-10H2,1H3/t12-/m1/s1. The topological polar surface area (TPSA) is 47.5 Å². The van der Waals surface area contributed by atoms with Crippen LogP contribution in [0.1, 0.15) is 6.92 Å². The van der Waals surface area contributed by atoms with Gasteiger partial charge in [-0.3, -0.25) is 0 Å². The van der Waals surface area contributed by atoms with Gasteiger partial charge in [0.1, 0.15) is 23.6 Å². The van der Waals surface area contributed by atoms with E-state index in [1.54, 1.807) is 17.7 Å². The van der Waals surface area contributed by atoms with Gasteiger partial charge in [-0.2, -0.15) is 0 Å². The summed E-state index contributed by atoms with van der Waals surface area (Å²) in [6, 6.07) is 9.87. The van der Waals surface area contributed by atoms with Crippen molar-refractivity contribution in [1.29, 1.82) is 0 Å². The maximum Gasteiger partial charge on any atom is 0.161 e. The Morgan fingerprint density at radius 1 is 1.22 bits per heavy atom. The van der Waals surface area contributed by atoms with Crippen LogP contribution in [-0.4, -0.2) is 35.8 Å². The second-order valence-electron chi connectivity index (χ2n) is 5.37. The third-order valence-electron chi connectivity index (χ3n) is 3.91. The van der Waals surface area contributed by atoms with Crippen molar-refractivity contribution >= 4 is 27.4 Å². The van der Waals surface area contributed by atoms with E-state index in [9.17, 15) is 0 Å². The highest BCUT2D eigenvalue weighted by Crippen LogP contribution is 2.32. The molecule has 2 aromatic heterocycles. The van der Waals surface area contributed by atoms with Crippen molar-refractivity contribution in [2.45, 2.75) is 13.0 Å². The van der Waals surface area contributed by atoms with Gasteiger partial charge in [-0.15, -0.1) is 11.3 Å². The summed E-state index contributed by atoms with van der Waals surface area (Å²) in [6.45, 7) is 4.25. The van der Waals surface area contributed by atoms with Crippen LogP contribution in [0.25, 0.3) is 10.2 Å². The summed E-state index contributed by atoms with van der Waals surface area (Å²) in [4.78, 5) is 12.0. The predicted octanol–water partition coefficient (Wildman–Crippen LogP) is 3.36. The molecule has 0 bridgehead atoms. The highest BCUT2D eigenvalue weighted by molar-refractivity contribution is 7.16. The van der Waals surface area contributed by atoms with Crippen LogP contribution < -0.4 is 14.4 Å². The third-order valence-corrected chi connectivity index (χ3v) is 4.73. The minimum absolute atomic E-state index is 0.0199. The Bertz CT molecular complexity index is 820. The van der Waals surface area contributed by atoms with Crippen molar-refractivity contribution in [3.05, 3.63) is 42.0 Å². The lowest BCUT2D eigenvalue weighted by Gasteiger charge is -2.31.